The van der Waals surface area contributed by atoms with Crippen molar-refractivity contribution in [2.45, 2.75) is 13.2 Å². The van der Waals surface area contributed by atoms with Crippen LogP contribution in [0.25, 0.3) is 0 Å². The van der Waals surface area contributed by atoms with Crippen LogP contribution in [0.15, 0.2) is 36.5 Å². The van der Waals surface area contributed by atoms with Gasteiger partial charge in [0.25, 0.3) is 0 Å². The largest absolute Gasteiger partial charge is 0.467 e. The van der Waals surface area contributed by atoms with Crippen molar-refractivity contribution in [2.24, 2.45) is 0 Å². The molecule has 0 spiro atoms. The Labute approximate surface area is 140 Å². The highest BCUT2D eigenvalue weighted by molar-refractivity contribution is 6.10. The maximum Gasteiger partial charge on any atom is 0.215 e. The number of aromatic nitrogens is 1. The summed E-state index contributed by atoms with van der Waals surface area (Å²) in [6.45, 7) is 2.98. The van der Waals surface area contributed by atoms with E-state index >= 15 is 0 Å². The van der Waals surface area contributed by atoms with Gasteiger partial charge >= 0.3 is 0 Å². The molecule has 1 saturated heterocycles. The number of ether oxygens (including phenoxy) is 4. The molecule has 1 aliphatic rings. The lowest BCUT2D eigenvalue weighted by molar-refractivity contribution is -0.0447. The molecule has 1 aromatic carbocycles. The molecule has 0 unspecified atom stereocenters. The van der Waals surface area contributed by atoms with E-state index in [1.165, 1.54) is 7.11 Å². The normalized spacial score (nSPS) is 14.8. The topological polar surface area (TPSA) is 66.9 Å². The SMILES string of the molecule is COCOc1ccc(C)cc1C(=O)c1ncccc1C1OCCO1. The molecule has 6 heteroatoms. The van der Waals surface area contributed by atoms with E-state index in [9.17, 15) is 4.79 Å². The summed E-state index contributed by atoms with van der Waals surface area (Å²) in [5.41, 5.74) is 2.32. The molecule has 1 aliphatic heterocycles. The second-order valence-corrected chi connectivity index (χ2v) is 5.39. The molecule has 2 heterocycles. The van der Waals surface area contributed by atoms with Crippen LogP contribution < -0.4 is 4.74 Å². The highest BCUT2D eigenvalue weighted by Crippen LogP contribution is 2.29. The zero-order valence-corrected chi connectivity index (χ0v) is 13.7. The summed E-state index contributed by atoms with van der Waals surface area (Å²) >= 11 is 0. The zero-order chi connectivity index (χ0) is 16.9. The third-order valence-corrected chi connectivity index (χ3v) is 3.64. The van der Waals surface area contributed by atoms with E-state index in [1.807, 2.05) is 13.0 Å². The van der Waals surface area contributed by atoms with Gasteiger partial charge in [0, 0.05) is 18.9 Å². The van der Waals surface area contributed by atoms with Gasteiger partial charge in [-0.25, -0.2) is 0 Å². The second kappa shape index (κ2) is 7.53. The van der Waals surface area contributed by atoms with E-state index in [2.05, 4.69) is 4.98 Å². The van der Waals surface area contributed by atoms with Crippen LogP contribution in [0, 0.1) is 6.92 Å². The molecule has 6 nitrogen and oxygen atoms in total. The Kier molecular flexibility index (Phi) is 5.20. The number of ketones is 1. The number of aryl methyl sites for hydroxylation is 1. The number of hydrogen-bond donors (Lipinski definition) is 0. The standard InChI is InChI=1S/C18H19NO5/c1-12-5-6-15(24-11-21-2)14(10-12)17(20)16-13(4-3-7-19-16)18-22-8-9-23-18/h3-7,10,18H,8-9,11H2,1-2H3. The van der Waals surface area contributed by atoms with Gasteiger partial charge in [-0.2, -0.15) is 0 Å². The molecule has 0 saturated carbocycles. The Balaban J connectivity index is 1.99. The van der Waals surface area contributed by atoms with E-state index in [0.29, 0.717) is 35.8 Å². The fourth-order valence-corrected chi connectivity index (χ4v) is 2.53. The Morgan fingerprint density at radius 1 is 1.29 bits per heavy atom. The van der Waals surface area contributed by atoms with Crippen molar-refractivity contribution in [1.29, 1.82) is 0 Å². The minimum Gasteiger partial charge on any atom is -0.467 e. The number of benzene rings is 1. The Bertz CT molecular complexity index is 725. The fourth-order valence-electron chi connectivity index (χ4n) is 2.53. The van der Waals surface area contributed by atoms with Crippen molar-refractivity contribution in [3.05, 3.63) is 58.9 Å². The first-order chi connectivity index (χ1) is 11.7. The van der Waals surface area contributed by atoms with Gasteiger partial charge in [0.05, 0.1) is 18.8 Å². The van der Waals surface area contributed by atoms with Gasteiger partial charge < -0.3 is 18.9 Å². The van der Waals surface area contributed by atoms with Gasteiger partial charge in [-0.05, 0) is 25.1 Å². The Morgan fingerprint density at radius 2 is 2.08 bits per heavy atom. The number of pyridine rings is 1. The third-order valence-electron chi connectivity index (χ3n) is 3.64. The molecule has 0 radical (unpaired) electrons. The van der Waals surface area contributed by atoms with Crippen molar-refractivity contribution in [3.8, 4) is 5.75 Å². The predicted molar refractivity (Wildman–Crippen MR) is 86.0 cm³/mol. The summed E-state index contributed by atoms with van der Waals surface area (Å²) in [7, 11) is 1.53. The maximum atomic E-state index is 13.1. The van der Waals surface area contributed by atoms with Gasteiger partial charge in [0.2, 0.25) is 5.78 Å². The molecule has 0 amide bonds. The van der Waals surface area contributed by atoms with Gasteiger partial charge in [-0.15, -0.1) is 0 Å². The number of hydrogen-bond acceptors (Lipinski definition) is 6. The number of rotatable bonds is 6. The van der Waals surface area contributed by atoms with E-state index in [-0.39, 0.29) is 12.6 Å². The van der Waals surface area contributed by atoms with E-state index in [4.69, 9.17) is 18.9 Å². The third kappa shape index (κ3) is 3.46. The molecule has 0 bridgehead atoms. The maximum absolute atomic E-state index is 13.1. The molecule has 1 fully saturated rings. The predicted octanol–water partition coefficient (Wildman–Crippen LogP) is 2.65. The average Bonchev–Trinajstić information content (AvgIpc) is 3.14. The van der Waals surface area contributed by atoms with Gasteiger partial charge in [-0.1, -0.05) is 17.7 Å². The highest BCUT2D eigenvalue weighted by atomic mass is 16.7. The van der Waals surface area contributed by atoms with Crippen molar-refractivity contribution in [3.63, 3.8) is 0 Å². The van der Waals surface area contributed by atoms with Crippen LogP contribution in [0.3, 0.4) is 0 Å². The molecule has 2 aromatic rings. The zero-order valence-electron chi connectivity index (χ0n) is 13.7. The average molecular weight is 329 g/mol. The number of nitrogens with zero attached hydrogens (tertiary/aromatic N) is 1. The fraction of sp³-hybridized carbons (Fsp3) is 0.333. The first-order valence-corrected chi connectivity index (χ1v) is 7.66. The lowest BCUT2D eigenvalue weighted by atomic mass is 10.0. The summed E-state index contributed by atoms with van der Waals surface area (Å²) in [5, 5.41) is 0. The smallest absolute Gasteiger partial charge is 0.215 e. The second-order valence-electron chi connectivity index (χ2n) is 5.39. The lowest BCUT2D eigenvalue weighted by Crippen LogP contribution is -2.13. The van der Waals surface area contributed by atoms with Crippen LogP contribution in [-0.2, 0) is 14.2 Å². The van der Waals surface area contributed by atoms with Crippen LogP contribution in [0.4, 0.5) is 0 Å². The van der Waals surface area contributed by atoms with Crippen molar-refractivity contribution >= 4 is 5.78 Å². The first kappa shape index (κ1) is 16.6. The van der Waals surface area contributed by atoms with E-state index < -0.39 is 6.29 Å². The van der Waals surface area contributed by atoms with Crippen LogP contribution in [0.5, 0.6) is 5.75 Å². The van der Waals surface area contributed by atoms with Gasteiger partial charge in [-0.3, -0.25) is 9.78 Å². The van der Waals surface area contributed by atoms with Crippen LogP contribution in [0.1, 0.15) is 33.5 Å². The summed E-state index contributed by atoms with van der Waals surface area (Å²) in [5.74, 6) is 0.219. The minimum absolute atomic E-state index is 0.0628. The Morgan fingerprint density at radius 3 is 2.83 bits per heavy atom. The summed E-state index contributed by atoms with van der Waals surface area (Å²) < 4.78 is 21.5. The van der Waals surface area contributed by atoms with Crippen molar-refractivity contribution in [1.82, 2.24) is 4.98 Å². The quantitative estimate of drug-likeness (QED) is 0.599. The molecule has 0 N–H and O–H groups in total. The molecular weight excluding hydrogens is 310 g/mol. The number of carbonyl (C=O) groups is 1. The minimum atomic E-state index is -0.564. The van der Waals surface area contributed by atoms with Crippen LogP contribution in [0.2, 0.25) is 0 Å². The molecule has 24 heavy (non-hydrogen) atoms. The molecule has 1 aromatic heterocycles. The molecule has 0 atom stereocenters. The summed E-state index contributed by atoms with van der Waals surface area (Å²) in [6.07, 6.45) is 1.02. The van der Waals surface area contributed by atoms with Crippen LogP contribution >= 0.6 is 0 Å². The van der Waals surface area contributed by atoms with Crippen molar-refractivity contribution in [2.75, 3.05) is 27.1 Å². The van der Waals surface area contributed by atoms with Gasteiger partial charge in [0.1, 0.15) is 11.4 Å². The Hall–Kier alpha value is -2.28. The number of carbonyl (C=O) groups excluding carboxylic acids is 1. The van der Waals surface area contributed by atoms with Crippen LogP contribution in [-0.4, -0.2) is 37.9 Å². The van der Waals surface area contributed by atoms with E-state index in [1.54, 1.807) is 30.5 Å². The number of methoxy groups -OCH3 is 1. The van der Waals surface area contributed by atoms with Crippen molar-refractivity contribution < 1.29 is 23.7 Å². The lowest BCUT2D eigenvalue weighted by Gasteiger charge is -2.15. The molecule has 0 aliphatic carbocycles. The van der Waals surface area contributed by atoms with E-state index in [0.717, 1.165) is 5.56 Å². The van der Waals surface area contributed by atoms with Gasteiger partial charge in [0.15, 0.2) is 13.1 Å². The summed E-state index contributed by atoms with van der Waals surface area (Å²) in [6, 6.07) is 8.97. The molecule has 3 rings (SSSR count). The molecular formula is C18H19NO5. The molecule has 126 valence electrons. The first-order valence-electron chi connectivity index (χ1n) is 7.66. The summed E-state index contributed by atoms with van der Waals surface area (Å²) in [4.78, 5) is 17.3. The highest BCUT2D eigenvalue weighted by Gasteiger charge is 2.27. The monoisotopic (exact) mass is 329 g/mol.